The molecule has 0 radical (unpaired) electrons. The highest BCUT2D eigenvalue weighted by Gasteiger charge is 2.21. The second kappa shape index (κ2) is 7.14. The van der Waals surface area contributed by atoms with Gasteiger partial charge in [-0.2, -0.15) is 0 Å². The molecule has 1 saturated heterocycles. The maximum absolute atomic E-state index is 11.8. The summed E-state index contributed by atoms with van der Waals surface area (Å²) in [6.07, 6.45) is 3.12. The summed E-state index contributed by atoms with van der Waals surface area (Å²) in [5, 5.41) is 0. The normalized spacial score (nSPS) is 16.6. The lowest BCUT2D eigenvalue weighted by Gasteiger charge is -2.21. The maximum Gasteiger partial charge on any atom is 0.409 e. The number of hydrogen-bond acceptors (Lipinski definition) is 3. The van der Waals surface area contributed by atoms with E-state index in [1.54, 1.807) is 4.90 Å². The van der Waals surface area contributed by atoms with Crippen molar-refractivity contribution in [3.8, 4) is 0 Å². The third-order valence-electron chi connectivity index (χ3n) is 3.03. The zero-order chi connectivity index (χ0) is 12.7. The van der Waals surface area contributed by atoms with E-state index in [1.165, 1.54) is 7.11 Å². The standard InChI is InChI=1S/C12H22N2O3/c1-3-4-6-11(15)13-7-5-8-14(10-9-13)12(16)17-2/h3-10H2,1-2H3. The van der Waals surface area contributed by atoms with Gasteiger partial charge in [-0.05, 0) is 12.8 Å². The first-order valence-electron chi connectivity index (χ1n) is 6.29. The average molecular weight is 242 g/mol. The molecular weight excluding hydrogens is 220 g/mol. The quantitative estimate of drug-likeness (QED) is 0.753. The van der Waals surface area contributed by atoms with Gasteiger partial charge in [0.15, 0.2) is 0 Å². The number of nitrogens with zero attached hydrogens (tertiary/aromatic N) is 2. The van der Waals surface area contributed by atoms with Crippen LogP contribution < -0.4 is 0 Å². The molecule has 0 bridgehead atoms. The van der Waals surface area contributed by atoms with Crippen LogP contribution in [0.15, 0.2) is 0 Å². The third kappa shape index (κ3) is 4.24. The van der Waals surface area contributed by atoms with Crippen LogP contribution in [0.4, 0.5) is 4.79 Å². The molecule has 1 aliphatic rings. The smallest absolute Gasteiger partial charge is 0.409 e. The van der Waals surface area contributed by atoms with E-state index >= 15 is 0 Å². The molecule has 0 N–H and O–H groups in total. The molecule has 0 aromatic rings. The molecule has 17 heavy (non-hydrogen) atoms. The fourth-order valence-corrected chi connectivity index (χ4v) is 1.96. The van der Waals surface area contributed by atoms with Gasteiger partial charge >= 0.3 is 6.09 Å². The number of carbonyl (C=O) groups is 2. The number of ether oxygens (including phenoxy) is 1. The predicted molar refractivity (Wildman–Crippen MR) is 64.7 cm³/mol. The first kappa shape index (κ1) is 13.8. The van der Waals surface area contributed by atoms with Crippen LogP contribution in [0.2, 0.25) is 0 Å². The Balaban J connectivity index is 2.41. The van der Waals surface area contributed by atoms with Crippen LogP contribution in [-0.4, -0.2) is 55.1 Å². The molecule has 0 aliphatic carbocycles. The molecule has 1 fully saturated rings. The van der Waals surface area contributed by atoms with Crippen LogP contribution in [0.3, 0.4) is 0 Å². The summed E-state index contributed by atoms with van der Waals surface area (Å²) in [5.74, 6) is 0.207. The minimum atomic E-state index is -0.298. The fourth-order valence-electron chi connectivity index (χ4n) is 1.96. The Kier molecular flexibility index (Phi) is 5.80. The van der Waals surface area contributed by atoms with Crippen molar-refractivity contribution in [2.45, 2.75) is 32.6 Å². The molecule has 0 saturated carbocycles. The Hall–Kier alpha value is -1.26. The Morgan fingerprint density at radius 3 is 2.41 bits per heavy atom. The molecule has 5 heteroatoms. The molecule has 0 aromatic heterocycles. The Labute approximate surface area is 103 Å². The number of rotatable bonds is 3. The molecular formula is C12H22N2O3. The summed E-state index contributed by atoms with van der Waals surface area (Å²) >= 11 is 0. The van der Waals surface area contributed by atoms with Gasteiger partial charge in [-0.15, -0.1) is 0 Å². The second-order valence-electron chi connectivity index (χ2n) is 4.29. The molecule has 0 aromatic carbocycles. The van der Waals surface area contributed by atoms with E-state index in [9.17, 15) is 9.59 Å². The highest BCUT2D eigenvalue weighted by Crippen LogP contribution is 2.07. The van der Waals surface area contributed by atoms with Crippen LogP contribution in [-0.2, 0) is 9.53 Å². The monoisotopic (exact) mass is 242 g/mol. The number of unbranched alkanes of at least 4 members (excludes halogenated alkanes) is 1. The summed E-state index contributed by atoms with van der Waals surface area (Å²) in [6.45, 7) is 4.69. The van der Waals surface area contributed by atoms with Crippen molar-refractivity contribution in [3.63, 3.8) is 0 Å². The molecule has 1 aliphatic heterocycles. The van der Waals surface area contributed by atoms with Crippen molar-refractivity contribution in [2.75, 3.05) is 33.3 Å². The zero-order valence-electron chi connectivity index (χ0n) is 10.8. The van der Waals surface area contributed by atoms with Gasteiger partial charge in [-0.3, -0.25) is 4.79 Å². The number of carbonyl (C=O) groups excluding carboxylic acids is 2. The average Bonchev–Trinajstić information content (AvgIpc) is 2.60. The van der Waals surface area contributed by atoms with Gasteiger partial charge in [-0.1, -0.05) is 13.3 Å². The van der Waals surface area contributed by atoms with Gasteiger partial charge in [0, 0.05) is 32.6 Å². The first-order valence-corrected chi connectivity index (χ1v) is 6.29. The van der Waals surface area contributed by atoms with Crippen molar-refractivity contribution in [3.05, 3.63) is 0 Å². The van der Waals surface area contributed by atoms with Crippen molar-refractivity contribution in [1.29, 1.82) is 0 Å². The van der Waals surface area contributed by atoms with Crippen LogP contribution in [0.1, 0.15) is 32.6 Å². The molecule has 1 rings (SSSR count). The van der Waals surface area contributed by atoms with Gasteiger partial charge in [-0.25, -0.2) is 4.79 Å². The summed E-state index contributed by atoms with van der Waals surface area (Å²) in [4.78, 5) is 26.7. The Bertz CT molecular complexity index is 268. The molecule has 0 atom stereocenters. The molecule has 5 nitrogen and oxygen atoms in total. The van der Waals surface area contributed by atoms with Crippen molar-refractivity contribution < 1.29 is 14.3 Å². The third-order valence-corrected chi connectivity index (χ3v) is 3.03. The summed E-state index contributed by atoms with van der Waals surface area (Å²) < 4.78 is 4.69. The van der Waals surface area contributed by atoms with Crippen molar-refractivity contribution >= 4 is 12.0 Å². The van der Waals surface area contributed by atoms with Gasteiger partial charge in [0.2, 0.25) is 5.91 Å². The lowest BCUT2D eigenvalue weighted by Crippen LogP contribution is -2.37. The lowest BCUT2D eigenvalue weighted by molar-refractivity contribution is -0.131. The molecule has 98 valence electrons. The van der Waals surface area contributed by atoms with E-state index < -0.39 is 0 Å². The maximum atomic E-state index is 11.8. The van der Waals surface area contributed by atoms with Crippen molar-refractivity contribution in [1.82, 2.24) is 9.80 Å². The van der Waals surface area contributed by atoms with Gasteiger partial charge < -0.3 is 14.5 Å². The molecule has 0 unspecified atom stereocenters. The summed E-state index contributed by atoms with van der Waals surface area (Å²) in [6, 6.07) is 0. The topological polar surface area (TPSA) is 49.9 Å². The first-order chi connectivity index (χ1) is 8.19. The lowest BCUT2D eigenvalue weighted by atomic mass is 10.2. The number of methoxy groups -OCH3 is 1. The van der Waals surface area contributed by atoms with E-state index in [0.29, 0.717) is 26.1 Å². The Morgan fingerprint density at radius 2 is 1.76 bits per heavy atom. The largest absolute Gasteiger partial charge is 0.453 e. The van der Waals surface area contributed by atoms with Gasteiger partial charge in [0.25, 0.3) is 0 Å². The minimum Gasteiger partial charge on any atom is -0.453 e. The van der Waals surface area contributed by atoms with E-state index in [0.717, 1.165) is 25.8 Å². The van der Waals surface area contributed by atoms with E-state index in [1.807, 2.05) is 4.90 Å². The number of amides is 2. The highest BCUT2D eigenvalue weighted by molar-refractivity contribution is 5.76. The van der Waals surface area contributed by atoms with Crippen LogP contribution >= 0.6 is 0 Å². The molecule has 0 spiro atoms. The fraction of sp³-hybridized carbons (Fsp3) is 0.833. The van der Waals surface area contributed by atoms with Crippen molar-refractivity contribution in [2.24, 2.45) is 0 Å². The van der Waals surface area contributed by atoms with E-state index in [2.05, 4.69) is 11.7 Å². The van der Waals surface area contributed by atoms with E-state index in [4.69, 9.17) is 0 Å². The van der Waals surface area contributed by atoms with Crippen LogP contribution in [0.25, 0.3) is 0 Å². The predicted octanol–water partition coefficient (Wildman–Crippen LogP) is 1.48. The molecule has 1 heterocycles. The Morgan fingerprint density at radius 1 is 1.12 bits per heavy atom. The summed E-state index contributed by atoms with van der Waals surface area (Å²) in [7, 11) is 1.39. The van der Waals surface area contributed by atoms with Gasteiger partial charge in [0.1, 0.15) is 0 Å². The van der Waals surface area contributed by atoms with Crippen LogP contribution in [0.5, 0.6) is 0 Å². The second-order valence-corrected chi connectivity index (χ2v) is 4.29. The molecule has 2 amide bonds. The van der Waals surface area contributed by atoms with Gasteiger partial charge in [0.05, 0.1) is 7.11 Å². The zero-order valence-corrected chi connectivity index (χ0v) is 10.8. The summed E-state index contributed by atoms with van der Waals surface area (Å²) in [5.41, 5.74) is 0. The SMILES string of the molecule is CCCCC(=O)N1CCCN(C(=O)OC)CC1. The van der Waals surface area contributed by atoms with E-state index in [-0.39, 0.29) is 12.0 Å². The minimum absolute atomic E-state index is 0.207. The van der Waals surface area contributed by atoms with Crippen LogP contribution in [0, 0.1) is 0 Å². The number of hydrogen-bond donors (Lipinski definition) is 0. The highest BCUT2D eigenvalue weighted by atomic mass is 16.5.